The maximum atomic E-state index is 12.1. The number of rotatable bonds is 8. The lowest BCUT2D eigenvalue weighted by Gasteiger charge is -2.13. The number of methoxy groups -OCH3 is 1. The van der Waals surface area contributed by atoms with Gasteiger partial charge in [-0.2, -0.15) is 4.98 Å². The summed E-state index contributed by atoms with van der Waals surface area (Å²) in [6.07, 6.45) is 0.687. The van der Waals surface area contributed by atoms with Crippen LogP contribution in [0.2, 0.25) is 0 Å². The molecule has 0 aliphatic rings. The highest BCUT2D eigenvalue weighted by molar-refractivity contribution is 6.43. The fourth-order valence-corrected chi connectivity index (χ4v) is 2.88. The number of carbonyl (C=O) groups excluding carboxylic acids is 1. The lowest BCUT2D eigenvalue weighted by Crippen LogP contribution is -2.19. The number of carbonyl (C=O) groups is 1. The normalized spacial score (nSPS) is 11.3. The van der Waals surface area contributed by atoms with Crippen molar-refractivity contribution in [3.8, 4) is 17.1 Å². The predicted molar refractivity (Wildman–Crippen MR) is 110 cm³/mol. The molecular weight excluding hydrogens is 386 g/mol. The minimum absolute atomic E-state index is 0.0788. The molecule has 0 N–H and O–H groups in total. The first kappa shape index (κ1) is 21.0. The highest BCUT2D eigenvalue weighted by atomic mass is 16.6. The molecule has 1 aromatic heterocycles. The van der Waals surface area contributed by atoms with Crippen molar-refractivity contribution in [2.45, 2.75) is 26.9 Å². The monoisotopic (exact) mass is 409 g/mol. The molecule has 3 aromatic rings. The van der Waals surface area contributed by atoms with E-state index in [1.807, 2.05) is 50.2 Å². The number of oxime groups is 1. The third kappa shape index (κ3) is 4.65. The first-order valence-electron chi connectivity index (χ1n) is 9.41. The Morgan fingerprint density at radius 2 is 1.97 bits per heavy atom. The van der Waals surface area contributed by atoms with Crippen LogP contribution in [0.1, 0.15) is 29.5 Å². The van der Waals surface area contributed by atoms with E-state index in [1.165, 1.54) is 14.2 Å². The largest absolute Gasteiger partial charge is 0.489 e. The fourth-order valence-electron chi connectivity index (χ4n) is 2.88. The molecule has 0 fully saturated rings. The number of hydrogen-bond acceptors (Lipinski definition) is 8. The Hall–Kier alpha value is -3.68. The third-order valence-corrected chi connectivity index (χ3v) is 4.42. The quantitative estimate of drug-likeness (QED) is 0.318. The minimum Gasteiger partial charge on any atom is -0.489 e. The maximum absolute atomic E-state index is 12.1. The zero-order valence-electron chi connectivity index (χ0n) is 17.3. The van der Waals surface area contributed by atoms with Crippen molar-refractivity contribution in [2.24, 2.45) is 5.16 Å². The molecule has 0 aliphatic carbocycles. The minimum atomic E-state index is -0.587. The summed E-state index contributed by atoms with van der Waals surface area (Å²) in [7, 11) is 2.67. The van der Waals surface area contributed by atoms with E-state index in [9.17, 15) is 4.79 Å². The smallest absolute Gasteiger partial charge is 0.360 e. The summed E-state index contributed by atoms with van der Waals surface area (Å²) in [5, 5.41) is 7.82. The van der Waals surface area contributed by atoms with Gasteiger partial charge in [-0.3, -0.25) is 0 Å². The van der Waals surface area contributed by atoms with Crippen LogP contribution >= 0.6 is 0 Å². The maximum Gasteiger partial charge on any atom is 0.360 e. The number of aryl methyl sites for hydroxylation is 2. The fraction of sp³-hybridized carbons (Fsp3) is 0.273. The highest BCUT2D eigenvalue weighted by Crippen LogP contribution is 2.26. The average molecular weight is 409 g/mol. The number of nitrogens with zero attached hydrogens (tertiary/aromatic N) is 3. The van der Waals surface area contributed by atoms with Gasteiger partial charge in [0.15, 0.2) is 5.71 Å². The van der Waals surface area contributed by atoms with Crippen LogP contribution in [-0.2, 0) is 27.4 Å². The lowest BCUT2D eigenvalue weighted by atomic mass is 10.0. The van der Waals surface area contributed by atoms with Crippen molar-refractivity contribution in [3.63, 3.8) is 0 Å². The molecule has 0 spiro atoms. The van der Waals surface area contributed by atoms with Crippen LogP contribution < -0.4 is 4.74 Å². The summed E-state index contributed by atoms with van der Waals surface area (Å²) >= 11 is 0. The molecule has 0 atom stereocenters. The molecule has 2 aromatic carbocycles. The van der Waals surface area contributed by atoms with E-state index in [-0.39, 0.29) is 12.3 Å². The van der Waals surface area contributed by atoms with Gasteiger partial charge in [-0.05, 0) is 36.2 Å². The van der Waals surface area contributed by atoms with Crippen molar-refractivity contribution in [3.05, 3.63) is 65.0 Å². The molecular formula is C22H23N3O5. The van der Waals surface area contributed by atoms with Crippen LogP contribution in [0.3, 0.4) is 0 Å². The van der Waals surface area contributed by atoms with Crippen LogP contribution in [0.25, 0.3) is 11.4 Å². The molecule has 8 heteroatoms. The first-order chi connectivity index (χ1) is 14.6. The second-order valence-electron chi connectivity index (χ2n) is 6.41. The van der Waals surface area contributed by atoms with Crippen molar-refractivity contribution in [2.75, 3.05) is 14.2 Å². The summed E-state index contributed by atoms with van der Waals surface area (Å²) in [5.74, 6) is 1.26. The molecule has 0 bridgehead atoms. The van der Waals surface area contributed by atoms with E-state index in [4.69, 9.17) is 18.8 Å². The summed E-state index contributed by atoms with van der Waals surface area (Å²) in [6, 6.07) is 13.0. The van der Waals surface area contributed by atoms with E-state index in [2.05, 4.69) is 15.3 Å². The zero-order valence-corrected chi connectivity index (χ0v) is 17.3. The van der Waals surface area contributed by atoms with Crippen molar-refractivity contribution in [1.82, 2.24) is 10.1 Å². The third-order valence-electron chi connectivity index (χ3n) is 4.42. The van der Waals surface area contributed by atoms with Gasteiger partial charge in [-0.1, -0.05) is 41.5 Å². The SMILES string of the molecule is CCc1nc(-c2ccc(OCc3ccccc3/C(=N\OC)C(=O)OC)c(C)c2)no1. The molecule has 0 radical (unpaired) electrons. The zero-order chi connectivity index (χ0) is 21.5. The summed E-state index contributed by atoms with van der Waals surface area (Å²) in [6.45, 7) is 4.14. The van der Waals surface area contributed by atoms with Gasteiger partial charge in [0.05, 0.1) is 7.11 Å². The second-order valence-corrected chi connectivity index (χ2v) is 6.41. The molecule has 156 valence electrons. The first-order valence-corrected chi connectivity index (χ1v) is 9.41. The molecule has 3 rings (SSSR count). The van der Waals surface area contributed by atoms with Gasteiger partial charge in [0.1, 0.15) is 19.5 Å². The van der Waals surface area contributed by atoms with Gasteiger partial charge in [0, 0.05) is 17.5 Å². The van der Waals surface area contributed by atoms with E-state index in [1.54, 1.807) is 6.07 Å². The van der Waals surface area contributed by atoms with Gasteiger partial charge in [0.2, 0.25) is 11.7 Å². The Kier molecular flexibility index (Phi) is 6.79. The summed E-state index contributed by atoms with van der Waals surface area (Å²) in [4.78, 5) is 21.2. The Labute approximate surface area is 174 Å². The van der Waals surface area contributed by atoms with Gasteiger partial charge in [-0.15, -0.1) is 0 Å². The Morgan fingerprint density at radius 3 is 2.63 bits per heavy atom. The van der Waals surface area contributed by atoms with Crippen molar-refractivity contribution < 1.29 is 23.6 Å². The molecule has 1 heterocycles. The number of benzene rings is 2. The average Bonchev–Trinajstić information content (AvgIpc) is 3.26. The van der Waals surface area contributed by atoms with Gasteiger partial charge < -0.3 is 18.8 Å². The van der Waals surface area contributed by atoms with Crippen LogP contribution in [0, 0.1) is 6.92 Å². The molecule has 0 unspecified atom stereocenters. The lowest BCUT2D eigenvalue weighted by molar-refractivity contribution is -0.132. The van der Waals surface area contributed by atoms with Gasteiger partial charge in [0.25, 0.3) is 0 Å². The highest BCUT2D eigenvalue weighted by Gasteiger charge is 2.19. The van der Waals surface area contributed by atoms with Gasteiger partial charge >= 0.3 is 5.97 Å². The summed E-state index contributed by atoms with van der Waals surface area (Å²) in [5.41, 5.74) is 3.21. The number of hydrogen-bond donors (Lipinski definition) is 0. The van der Waals surface area contributed by atoms with E-state index < -0.39 is 5.97 Å². The van der Waals surface area contributed by atoms with Crippen molar-refractivity contribution >= 4 is 11.7 Å². The Balaban J connectivity index is 1.81. The second kappa shape index (κ2) is 9.69. The molecule has 0 amide bonds. The van der Waals surface area contributed by atoms with Crippen LogP contribution in [0.15, 0.2) is 52.1 Å². The molecule has 0 saturated carbocycles. The van der Waals surface area contributed by atoms with Crippen LogP contribution in [-0.4, -0.2) is 36.0 Å². The van der Waals surface area contributed by atoms with Crippen LogP contribution in [0.5, 0.6) is 5.75 Å². The van der Waals surface area contributed by atoms with Gasteiger partial charge in [-0.25, -0.2) is 4.79 Å². The molecule has 0 saturated heterocycles. The van der Waals surface area contributed by atoms with E-state index >= 15 is 0 Å². The standard InChI is InChI=1S/C22H23N3O5/c1-5-19-23-21(25-30-19)15-10-11-18(14(2)12-15)29-13-16-8-6-7-9-17(16)20(24-28-4)22(26)27-3/h6-12H,5,13H2,1-4H3/b24-20+. The number of ether oxygens (including phenoxy) is 2. The summed E-state index contributed by atoms with van der Waals surface area (Å²) < 4.78 is 16.0. The number of aromatic nitrogens is 2. The predicted octanol–water partition coefficient (Wildman–Crippen LogP) is 3.71. The van der Waals surface area contributed by atoms with E-state index in [0.29, 0.717) is 29.4 Å². The van der Waals surface area contributed by atoms with Crippen LogP contribution in [0.4, 0.5) is 0 Å². The Bertz CT molecular complexity index is 1060. The molecule has 30 heavy (non-hydrogen) atoms. The topological polar surface area (TPSA) is 96.0 Å². The Morgan fingerprint density at radius 1 is 1.17 bits per heavy atom. The molecule has 8 nitrogen and oxygen atoms in total. The molecule has 0 aliphatic heterocycles. The van der Waals surface area contributed by atoms with E-state index in [0.717, 1.165) is 16.7 Å². The van der Waals surface area contributed by atoms with Crippen molar-refractivity contribution in [1.29, 1.82) is 0 Å². The number of esters is 1.